The third kappa shape index (κ3) is 2.91. The Morgan fingerprint density at radius 2 is 2.00 bits per heavy atom. The molecule has 0 aliphatic rings. The van der Waals surface area contributed by atoms with Crippen molar-refractivity contribution in [1.29, 1.82) is 0 Å². The monoisotopic (exact) mass is 316 g/mol. The summed E-state index contributed by atoms with van der Waals surface area (Å²) in [5.74, 6) is -2.20. The van der Waals surface area contributed by atoms with Crippen molar-refractivity contribution in [2.75, 3.05) is 12.8 Å². The first kappa shape index (κ1) is 15.5. The predicted octanol–water partition coefficient (Wildman–Crippen LogP) is 2.27. The summed E-state index contributed by atoms with van der Waals surface area (Å²) >= 11 is 0. The van der Waals surface area contributed by atoms with E-state index in [0.717, 1.165) is 16.4 Å². The Kier molecular flexibility index (Phi) is 4.02. The van der Waals surface area contributed by atoms with Crippen LogP contribution < -0.4 is 5.73 Å². The number of hydrogen-bond acceptors (Lipinski definition) is 4. The molecule has 2 rings (SSSR count). The van der Waals surface area contributed by atoms with E-state index in [-0.39, 0.29) is 12.2 Å². The van der Waals surface area contributed by atoms with Gasteiger partial charge in [-0.05, 0) is 25.1 Å². The lowest BCUT2D eigenvalue weighted by atomic mass is 10.3. The first-order valence-electron chi connectivity index (χ1n) is 5.97. The number of anilines is 1. The molecule has 0 saturated carbocycles. The molecule has 0 spiro atoms. The molecule has 0 radical (unpaired) electrons. The van der Waals surface area contributed by atoms with Crippen LogP contribution in [-0.2, 0) is 16.6 Å². The van der Waals surface area contributed by atoms with Gasteiger partial charge < -0.3 is 10.2 Å². The topological polar surface area (TPSA) is 76.5 Å². The third-order valence-corrected chi connectivity index (χ3v) is 4.87. The van der Waals surface area contributed by atoms with Crippen molar-refractivity contribution in [1.82, 2.24) is 4.31 Å². The first-order valence-corrected chi connectivity index (χ1v) is 7.41. The Hall–Kier alpha value is -1.93. The zero-order valence-corrected chi connectivity index (χ0v) is 12.2. The molecular formula is C13H14F2N2O3S. The Balaban J connectivity index is 2.40. The number of aryl methyl sites for hydroxylation is 1. The lowest BCUT2D eigenvalue weighted by Gasteiger charge is -2.17. The molecule has 0 unspecified atom stereocenters. The number of halogens is 2. The number of nitrogens with two attached hydrogens (primary N) is 1. The fourth-order valence-electron chi connectivity index (χ4n) is 1.84. The average molecular weight is 316 g/mol. The summed E-state index contributed by atoms with van der Waals surface area (Å²) in [7, 11) is -2.94. The van der Waals surface area contributed by atoms with E-state index >= 15 is 0 Å². The highest BCUT2D eigenvalue weighted by Gasteiger charge is 2.27. The van der Waals surface area contributed by atoms with Gasteiger partial charge in [0.1, 0.15) is 10.7 Å². The van der Waals surface area contributed by atoms with Gasteiger partial charge in [0, 0.05) is 24.8 Å². The molecule has 1 aromatic heterocycles. The summed E-state index contributed by atoms with van der Waals surface area (Å²) in [5, 5.41) is 0. The minimum absolute atomic E-state index is 0.0273. The van der Waals surface area contributed by atoms with Crippen LogP contribution in [0.1, 0.15) is 11.3 Å². The van der Waals surface area contributed by atoms with Gasteiger partial charge in [-0.2, -0.15) is 4.31 Å². The van der Waals surface area contributed by atoms with Gasteiger partial charge in [0.05, 0.1) is 6.26 Å². The van der Waals surface area contributed by atoms with Crippen molar-refractivity contribution in [2.24, 2.45) is 0 Å². The molecule has 0 atom stereocenters. The predicted molar refractivity (Wildman–Crippen MR) is 72.9 cm³/mol. The lowest BCUT2D eigenvalue weighted by molar-refractivity contribution is 0.443. The largest absolute Gasteiger partial charge is 0.469 e. The van der Waals surface area contributed by atoms with Crippen LogP contribution in [0, 0.1) is 18.6 Å². The normalized spacial score (nSPS) is 12.0. The Labute approximate surface area is 121 Å². The summed E-state index contributed by atoms with van der Waals surface area (Å²) in [5.41, 5.74) is 5.84. The lowest BCUT2D eigenvalue weighted by Crippen LogP contribution is -2.27. The molecule has 1 aromatic carbocycles. The molecule has 2 N–H and O–H groups in total. The van der Waals surface area contributed by atoms with E-state index in [2.05, 4.69) is 0 Å². The summed E-state index contributed by atoms with van der Waals surface area (Å²) in [6, 6.07) is 3.23. The van der Waals surface area contributed by atoms with Crippen molar-refractivity contribution in [2.45, 2.75) is 18.4 Å². The van der Waals surface area contributed by atoms with Crippen LogP contribution in [0.25, 0.3) is 0 Å². The Bertz CT molecular complexity index is 772. The number of sulfonamides is 1. The van der Waals surface area contributed by atoms with Gasteiger partial charge in [-0.1, -0.05) is 0 Å². The quantitative estimate of drug-likeness (QED) is 0.878. The molecule has 5 nitrogen and oxygen atoms in total. The summed E-state index contributed by atoms with van der Waals surface area (Å²) in [6.07, 6.45) is 1.42. The molecule has 2 aromatic rings. The van der Waals surface area contributed by atoms with Crippen LogP contribution in [-0.4, -0.2) is 19.8 Å². The van der Waals surface area contributed by atoms with Gasteiger partial charge in [-0.3, -0.25) is 0 Å². The van der Waals surface area contributed by atoms with Crippen LogP contribution in [0.5, 0.6) is 0 Å². The third-order valence-electron chi connectivity index (χ3n) is 3.06. The van der Waals surface area contributed by atoms with E-state index in [0.29, 0.717) is 11.3 Å². The van der Waals surface area contributed by atoms with Gasteiger partial charge in [0.15, 0.2) is 11.6 Å². The maximum Gasteiger partial charge on any atom is 0.246 e. The number of benzene rings is 1. The highest BCUT2D eigenvalue weighted by Crippen LogP contribution is 2.25. The van der Waals surface area contributed by atoms with Crippen LogP contribution >= 0.6 is 0 Å². The summed E-state index contributed by atoms with van der Waals surface area (Å²) < 4.78 is 57.7. The van der Waals surface area contributed by atoms with Gasteiger partial charge in [-0.15, -0.1) is 0 Å². The molecule has 1 heterocycles. The highest BCUT2D eigenvalue weighted by atomic mass is 32.2. The Morgan fingerprint density at radius 1 is 1.33 bits per heavy atom. The van der Waals surface area contributed by atoms with Crippen LogP contribution in [0.4, 0.5) is 14.5 Å². The van der Waals surface area contributed by atoms with E-state index in [9.17, 15) is 17.2 Å². The van der Waals surface area contributed by atoms with Crippen molar-refractivity contribution >= 4 is 15.7 Å². The van der Waals surface area contributed by atoms with E-state index in [1.807, 2.05) is 0 Å². The molecular weight excluding hydrogens is 302 g/mol. The molecule has 0 amide bonds. The zero-order valence-electron chi connectivity index (χ0n) is 11.4. The molecule has 0 saturated heterocycles. The summed E-state index contributed by atoms with van der Waals surface area (Å²) in [4.78, 5) is -0.788. The Morgan fingerprint density at radius 3 is 2.57 bits per heavy atom. The van der Waals surface area contributed by atoms with Gasteiger partial charge in [0.2, 0.25) is 10.0 Å². The maximum absolute atomic E-state index is 13.7. The second kappa shape index (κ2) is 5.45. The molecule has 0 bridgehead atoms. The second-order valence-electron chi connectivity index (χ2n) is 4.58. The van der Waals surface area contributed by atoms with E-state index in [4.69, 9.17) is 10.2 Å². The molecule has 8 heteroatoms. The minimum atomic E-state index is -4.21. The zero-order chi connectivity index (χ0) is 15.8. The summed E-state index contributed by atoms with van der Waals surface area (Å²) in [6.45, 7) is 1.65. The van der Waals surface area contributed by atoms with E-state index < -0.39 is 26.6 Å². The number of hydrogen-bond donors (Lipinski definition) is 1. The van der Waals surface area contributed by atoms with E-state index in [1.165, 1.54) is 13.3 Å². The van der Waals surface area contributed by atoms with Crippen LogP contribution in [0.2, 0.25) is 0 Å². The van der Waals surface area contributed by atoms with Crippen molar-refractivity contribution < 1.29 is 21.6 Å². The van der Waals surface area contributed by atoms with Gasteiger partial charge in [0.25, 0.3) is 0 Å². The fourth-order valence-corrected chi connectivity index (χ4v) is 3.09. The molecule has 0 fully saturated rings. The van der Waals surface area contributed by atoms with E-state index in [1.54, 1.807) is 13.0 Å². The first-order chi connectivity index (χ1) is 9.73. The van der Waals surface area contributed by atoms with Crippen LogP contribution in [0.3, 0.4) is 0 Å². The van der Waals surface area contributed by atoms with Gasteiger partial charge in [-0.25, -0.2) is 17.2 Å². The molecule has 0 aliphatic heterocycles. The standard InChI is InChI=1S/C13H14F2N2O3S/c1-8-9(3-4-20-8)7-17(2)21(18,19)12-6-10(16)5-11(14)13(12)15/h3-6H,7,16H2,1-2H3. The number of rotatable bonds is 4. The molecule has 21 heavy (non-hydrogen) atoms. The van der Waals surface area contributed by atoms with Crippen molar-refractivity contribution in [3.63, 3.8) is 0 Å². The second-order valence-corrected chi connectivity index (χ2v) is 6.59. The van der Waals surface area contributed by atoms with Crippen molar-refractivity contribution in [3.05, 3.63) is 47.4 Å². The number of furan rings is 1. The average Bonchev–Trinajstić information content (AvgIpc) is 2.79. The van der Waals surface area contributed by atoms with Crippen molar-refractivity contribution in [3.8, 4) is 0 Å². The fraction of sp³-hybridized carbons (Fsp3) is 0.231. The SMILES string of the molecule is Cc1occc1CN(C)S(=O)(=O)c1cc(N)cc(F)c1F. The van der Waals surface area contributed by atoms with Crippen LogP contribution in [0.15, 0.2) is 33.8 Å². The highest BCUT2D eigenvalue weighted by molar-refractivity contribution is 7.89. The number of nitrogen functional groups attached to an aromatic ring is 1. The smallest absolute Gasteiger partial charge is 0.246 e. The molecule has 114 valence electrons. The number of nitrogens with zero attached hydrogens (tertiary/aromatic N) is 1. The maximum atomic E-state index is 13.7. The minimum Gasteiger partial charge on any atom is -0.469 e. The van der Waals surface area contributed by atoms with Gasteiger partial charge >= 0.3 is 0 Å². The molecule has 0 aliphatic carbocycles.